The van der Waals surface area contributed by atoms with Crippen LogP contribution < -0.4 is 20.8 Å². The fraction of sp³-hybridized carbons (Fsp3) is 0.448. The summed E-state index contributed by atoms with van der Waals surface area (Å²) in [4.78, 5) is 26.2. The van der Waals surface area contributed by atoms with Crippen LogP contribution in [0.3, 0.4) is 0 Å². The molecule has 3 N–H and O–H groups in total. The Morgan fingerprint density at radius 1 is 1.05 bits per heavy atom. The first-order valence-corrected chi connectivity index (χ1v) is 14.3. The van der Waals surface area contributed by atoms with Gasteiger partial charge in [-0.25, -0.2) is 8.78 Å². The zero-order valence-electron chi connectivity index (χ0n) is 21.8. The van der Waals surface area contributed by atoms with Gasteiger partial charge >= 0.3 is 0 Å². The third kappa shape index (κ3) is 6.77. The first-order chi connectivity index (χ1) is 19.2. The van der Waals surface area contributed by atoms with Crippen LogP contribution in [-0.2, 0) is 0 Å². The standard InChI is InChI=1S/C29H31Cl2F2N3O4/c30-23-8-7-20(9-25(23)32)40-15-19(37)13-34-12-16-1-3-17(4-2-16)35-29(39)22-14-36(18-5-6-18)27-11-24(31)26(33)10-21(27)28(22)38/h7-11,14,16-19,34,37H,1-6,12-13,15H2,(H,35,39)/t16?,17?,19-/m0/s1. The SMILES string of the molecule is O=C(NC1CCC(CNC[C@H](O)COc2ccc(Cl)c(F)c2)CC1)c1cn(C2CC2)c2cc(Cl)c(F)cc2c1=O. The number of hydrogen-bond acceptors (Lipinski definition) is 5. The summed E-state index contributed by atoms with van der Waals surface area (Å²) in [5.41, 5.74) is 0.0584. The normalized spacial score (nSPS) is 19.9. The third-order valence-corrected chi connectivity index (χ3v) is 8.18. The van der Waals surface area contributed by atoms with Crippen LogP contribution in [0.2, 0.25) is 10.0 Å². The molecule has 1 aromatic heterocycles. The van der Waals surface area contributed by atoms with Gasteiger partial charge in [0.2, 0.25) is 5.43 Å². The second-order valence-corrected chi connectivity index (χ2v) is 11.5. The van der Waals surface area contributed by atoms with Crippen molar-refractivity contribution in [3.8, 4) is 5.75 Å². The number of pyridine rings is 1. The maximum Gasteiger partial charge on any atom is 0.256 e. The minimum Gasteiger partial charge on any atom is -0.491 e. The molecule has 1 heterocycles. The quantitative estimate of drug-likeness (QED) is 0.299. The van der Waals surface area contributed by atoms with Crippen LogP contribution in [0.15, 0.2) is 41.3 Å². The van der Waals surface area contributed by atoms with Crippen molar-refractivity contribution < 1.29 is 23.4 Å². The topological polar surface area (TPSA) is 92.6 Å². The van der Waals surface area contributed by atoms with Crippen molar-refractivity contribution in [2.24, 2.45) is 5.92 Å². The summed E-state index contributed by atoms with van der Waals surface area (Å²) in [5.74, 6) is -1.02. The molecular formula is C29H31Cl2F2N3O4. The molecule has 0 saturated heterocycles. The molecular weight excluding hydrogens is 563 g/mol. The number of fused-ring (bicyclic) bond motifs is 1. The first-order valence-electron chi connectivity index (χ1n) is 13.5. The highest BCUT2D eigenvalue weighted by atomic mass is 35.5. The summed E-state index contributed by atoms with van der Waals surface area (Å²) in [6.45, 7) is 1.05. The highest BCUT2D eigenvalue weighted by Crippen LogP contribution is 2.37. The summed E-state index contributed by atoms with van der Waals surface area (Å²) >= 11 is 11.6. The molecule has 11 heteroatoms. The van der Waals surface area contributed by atoms with E-state index in [4.69, 9.17) is 27.9 Å². The van der Waals surface area contributed by atoms with Gasteiger partial charge in [-0.05, 0) is 75.3 Å². The molecule has 7 nitrogen and oxygen atoms in total. The summed E-state index contributed by atoms with van der Waals surface area (Å²) in [5, 5.41) is 16.5. The predicted molar refractivity (Wildman–Crippen MR) is 150 cm³/mol. The fourth-order valence-corrected chi connectivity index (χ4v) is 5.48. The summed E-state index contributed by atoms with van der Waals surface area (Å²) in [6.07, 6.45) is 5.96. The van der Waals surface area contributed by atoms with Gasteiger partial charge in [0, 0.05) is 36.3 Å². The molecule has 0 unspecified atom stereocenters. The van der Waals surface area contributed by atoms with Crippen molar-refractivity contribution in [3.63, 3.8) is 0 Å². The van der Waals surface area contributed by atoms with Crippen molar-refractivity contribution in [2.45, 2.75) is 56.7 Å². The van der Waals surface area contributed by atoms with Gasteiger partial charge in [-0.3, -0.25) is 9.59 Å². The van der Waals surface area contributed by atoms with Crippen molar-refractivity contribution in [2.75, 3.05) is 19.7 Å². The number of aromatic nitrogens is 1. The lowest BCUT2D eigenvalue weighted by molar-refractivity contribution is 0.0916. The highest BCUT2D eigenvalue weighted by Gasteiger charge is 2.29. The third-order valence-electron chi connectivity index (χ3n) is 7.59. The largest absolute Gasteiger partial charge is 0.491 e. The van der Waals surface area contributed by atoms with Crippen molar-refractivity contribution in [1.82, 2.24) is 15.2 Å². The molecule has 0 bridgehead atoms. The smallest absolute Gasteiger partial charge is 0.256 e. The van der Waals surface area contributed by atoms with Crippen LogP contribution in [0.5, 0.6) is 5.75 Å². The Morgan fingerprint density at radius 3 is 2.48 bits per heavy atom. The molecule has 2 aliphatic carbocycles. The number of hydrogen-bond donors (Lipinski definition) is 3. The molecule has 2 fully saturated rings. The Labute approximate surface area is 240 Å². The van der Waals surface area contributed by atoms with Crippen LogP contribution in [0.1, 0.15) is 54.9 Å². The van der Waals surface area contributed by atoms with E-state index in [9.17, 15) is 23.5 Å². The maximum absolute atomic E-state index is 14.2. The van der Waals surface area contributed by atoms with Crippen molar-refractivity contribution >= 4 is 40.0 Å². The predicted octanol–water partition coefficient (Wildman–Crippen LogP) is 5.24. The zero-order valence-corrected chi connectivity index (χ0v) is 23.3. The van der Waals surface area contributed by atoms with E-state index in [0.29, 0.717) is 30.3 Å². The van der Waals surface area contributed by atoms with E-state index in [1.165, 1.54) is 18.2 Å². The molecule has 1 atom stereocenters. The zero-order chi connectivity index (χ0) is 28.4. The Hall–Kier alpha value is -2.72. The molecule has 1 amide bonds. The number of rotatable bonds is 10. The number of nitrogens with zero attached hydrogens (tertiary/aromatic N) is 1. The number of halogens is 4. The lowest BCUT2D eigenvalue weighted by Gasteiger charge is -2.29. The molecule has 0 aliphatic heterocycles. The van der Waals surface area contributed by atoms with Gasteiger partial charge in [0.1, 0.15) is 35.7 Å². The minimum absolute atomic E-state index is 0.0110. The van der Waals surface area contributed by atoms with Gasteiger partial charge in [-0.15, -0.1) is 0 Å². The molecule has 5 rings (SSSR count). The number of aliphatic hydroxyl groups is 1. The van der Waals surface area contributed by atoms with Gasteiger partial charge in [-0.1, -0.05) is 23.2 Å². The van der Waals surface area contributed by atoms with Gasteiger partial charge in [0.25, 0.3) is 5.91 Å². The molecule has 0 radical (unpaired) electrons. The lowest BCUT2D eigenvalue weighted by Crippen LogP contribution is -2.41. The minimum atomic E-state index is -0.763. The van der Waals surface area contributed by atoms with Crippen molar-refractivity contribution in [3.05, 3.63) is 74.0 Å². The second-order valence-electron chi connectivity index (χ2n) is 10.7. The Morgan fingerprint density at radius 2 is 1.77 bits per heavy atom. The van der Waals surface area contributed by atoms with E-state index < -0.39 is 29.1 Å². The highest BCUT2D eigenvalue weighted by molar-refractivity contribution is 6.31. The summed E-state index contributed by atoms with van der Waals surface area (Å²) in [7, 11) is 0. The number of aliphatic hydroxyl groups excluding tert-OH is 1. The van der Waals surface area contributed by atoms with Gasteiger partial charge < -0.3 is 25.0 Å². The number of nitrogens with one attached hydrogen (secondary N) is 2. The molecule has 2 aromatic carbocycles. The average molecular weight is 594 g/mol. The van der Waals surface area contributed by atoms with Crippen LogP contribution in [-0.4, -0.2) is 47.4 Å². The number of carbonyl (C=O) groups excluding carboxylic acids is 1. The number of carbonyl (C=O) groups is 1. The first kappa shape index (κ1) is 28.8. The van der Waals surface area contributed by atoms with Crippen LogP contribution in [0, 0.1) is 17.6 Å². The maximum atomic E-state index is 14.2. The van der Waals surface area contributed by atoms with Gasteiger partial charge in [0.05, 0.1) is 15.6 Å². The summed E-state index contributed by atoms with van der Waals surface area (Å²) in [6, 6.07) is 6.81. The fourth-order valence-electron chi connectivity index (χ4n) is 5.21. The van der Waals surface area contributed by atoms with E-state index in [1.807, 2.05) is 4.57 Å². The molecule has 2 aliphatic rings. The molecule has 2 saturated carbocycles. The number of ether oxygens (including phenoxy) is 1. The number of amides is 1. The Bertz CT molecular complexity index is 1460. The van der Waals surface area contributed by atoms with E-state index in [2.05, 4.69) is 10.6 Å². The van der Waals surface area contributed by atoms with Crippen molar-refractivity contribution in [1.29, 1.82) is 0 Å². The molecule has 40 heavy (non-hydrogen) atoms. The number of benzene rings is 2. The average Bonchev–Trinajstić information content (AvgIpc) is 3.77. The van der Waals surface area contributed by atoms with Gasteiger partial charge in [0.15, 0.2) is 0 Å². The lowest BCUT2D eigenvalue weighted by atomic mass is 9.86. The van der Waals surface area contributed by atoms with E-state index in [1.54, 1.807) is 12.3 Å². The second kappa shape index (κ2) is 12.4. The molecule has 0 spiro atoms. The molecule has 3 aromatic rings. The van der Waals surface area contributed by atoms with E-state index in [0.717, 1.165) is 44.6 Å². The van der Waals surface area contributed by atoms with Gasteiger partial charge in [-0.2, -0.15) is 0 Å². The van der Waals surface area contributed by atoms with Crippen LogP contribution in [0.4, 0.5) is 8.78 Å². The Balaban J connectivity index is 1.09. The monoisotopic (exact) mass is 593 g/mol. The van der Waals surface area contributed by atoms with Crippen LogP contribution >= 0.6 is 23.2 Å². The van der Waals surface area contributed by atoms with Crippen LogP contribution in [0.25, 0.3) is 10.9 Å². The molecule has 214 valence electrons. The van der Waals surface area contributed by atoms with E-state index >= 15 is 0 Å². The summed E-state index contributed by atoms with van der Waals surface area (Å²) < 4.78 is 35.0. The van der Waals surface area contributed by atoms with E-state index in [-0.39, 0.29) is 39.7 Å². The Kier molecular flexibility index (Phi) is 8.95.